The zero-order valence-electron chi connectivity index (χ0n) is 20.1. The topological polar surface area (TPSA) is 56.6 Å². The van der Waals surface area contributed by atoms with Gasteiger partial charge in [0.2, 0.25) is 11.8 Å². The molecule has 1 amide bonds. The number of para-hydroxylation sites is 3. The number of carbonyl (C=O) groups excluding carboxylic acids is 1. The van der Waals surface area contributed by atoms with Gasteiger partial charge in [-0.2, -0.15) is 5.10 Å². The average molecular weight is 474 g/mol. The molecule has 6 nitrogen and oxygen atoms in total. The van der Waals surface area contributed by atoms with Gasteiger partial charge in [-0.3, -0.25) is 4.79 Å². The van der Waals surface area contributed by atoms with Crippen molar-refractivity contribution in [2.45, 2.75) is 33.4 Å². The molecule has 0 aliphatic carbocycles. The van der Waals surface area contributed by atoms with Crippen molar-refractivity contribution in [3.63, 3.8) is 0 Å². The molecule has 1 aromatic heterocycles. The predicted molar refractivity (Wildman–Crippen MR) is 132 cm³/mol. The molecular formula is C28H28FN3O3. The van der Waals surface area contributed by atoms with E-state index < -0.39 is 0 Å². The summed E-state index contributed by atoms with van der Waals surface area (Å²) in [5.41, 5.74) is 3.20. The number of aromatic nitrogens is 2. The van der Waals surface area contributed by atoms with Crippen molar-refractivity contribution in [1.29, 1.82) is 0 Å². The van der Waals surface area contributed by atoms with Crippen molar-refractivity contribution in [3.05, 3.63) is 102 Å². The highest BCUT2D eigenvalue weighted by atomic mass is 19.1. The molecule has 0 atom stereocenters. The van der Waals surface area contributed by atoms with E-state index in [4.69, 9.17) is 14.6 Å². The first-order valence-electron chi connectivity index (χ1n) is 11.5. The van der Waals surface area contributed by atoms with Crippen molar-refractivity contribution in [3.8, 4) is 23.1 Å². The lowest BCUT2D eigenvalue weighted by Gasteiger charge is -2.23. The average Bonchev–Trinajstić information content (AvgIpc) is 3.19. The number of hydrogen-bond donors (Lipinski definition) is 0. The summed E-state index contributed by atoms with van der Waals surface area (Å²) in [7, 11) is 1.59. The lowest BCUT2D eigenvalue weighted by atomic mass is 10.1. The van der Waals surface area contributed by atoms with Crippen LogP contribution in [0, 0.1) is 12.7 Å². The van der Waals surface area contributed by atoms with Crippen LogP contribution in [0.3, 0.4) is 0 Å². The second-order valence-corrected chi connectivity index (χ2v) is 8.10. The van der Waals surface area contributed by atoms with Crippen LogP contribution in [0.25, 0.3) is 5.69 Å². The van der Waals surface area contributed by atoms with Crippen molar-refractivity contribution >= 4 is 5.91 Å². The fourth-order valence-electron chi connectivity index (χ4n) is 3.83. The number of halogens is 1. The molecule has 0 saturated carbocycles. The monoisotopic (exact) mass is 473 g/mol. The Morgan fingerprint density at radius 3 is 2.26 bits per heavy atom. The van der Waals surface area contributed by atoms with Crippen LogP contribution in [0.2, 0.25) is 0 Å². The maximum absolute atomic E-state index is 13.4. The minimum Gasteiger partial charge on any atom is -0.493 e. The first-order valence-corrected chi connectivity index (χ1v) is 11.5. The Morgan fingerprint density at radius 2 is 1.60 bits per heavy atom. The van der Waals surface area contributed by atoms with Gasteiger partial charge in [0.05, 0.1) is 30.6 Å². The Kier molecular flexibility index (Phi) is 7.45. The third-order valence-corrected chi connectivity index (χ3v) is 5.70. The number of rotatable bonds is 9. The van der Waals surface area contributed by atoms with Crippen molar-refractivity contribution < 1.29 is 18.7 Å². The van der Waals surface area contributed by atoms with Crippen LogP contribution < -0.4 is 9.47 Å². The molecule has 0 N–H and O–H groups in total. The minimum absolute atomic E-state index is 0.0237. The highest BCUT2D eigenvalue weighted by molar-refractivity contribution is 5.76. The Balaban J connectivity index is 1.76. The maximum Gasteiger partial charge on any atom is 0.228 e. The Bertz CT molecular complexity index is 1290. The smallest absolute Gasteiger partial charge is 0.228 e. The van der Waals surface area contributed by atoms with Gasteiger partial charge in [0, 0.05) is 13.0 Å². The third-order valence-electron chi connectivity index (χ3n) is 5.70. The van der Waals surface area contributed by atoms with Gasteiger partial charge >= 0.3 is 0 Å². The van der Waals surface area contributed by atoms with E-state index in [0.29, 0.717) is 30.3 Å². The minimum atomic E-state index is -0.311. The lowest BCUT2D eigenvalue weighted by Crippen LogP contribution is -2.29. The largest absolute Gasteiger partial charge is 0.493 e. The number of aryl methyl sites for hydroxylation is 1. The van der Waals surface area contributed by atoms with Crippen LogP contribution in [0.5, 0.6) is 17.4 Å². The highest BCUT2D eigenvalue weighted by Gasteiger charge is 2.24. The first-order chi connectivity index (χ1) is 17.0. The number of carbonyl (C=O) groups is 1. The molecule has 0 spiro atoms. The summed E-state index contributed by atoms with van der Waals surface area (Å²) in [6.07, 6.45) is 0.343. The second-order valence-electron chi connectivity index (χ2n) is 8.10. The van der Waals surface area contributed by atoms with Crippen LogP contribution >= 0.6 is 0 Å². The number of methoxy groups -OCH3 is 1. The summed E-state index contributed by atoms with van der Waals surface area (Å²) in [5.74, 6) is 1.30. The summed E-state index contributed by atoms with van der Waals surface area (Å²) in [5, 5.41) is 4.75. The van der Waals surface area contributed by atoms with E-state index in [2.05, 4.69) is 0 Å². The number of benzene rings is 3. The van der Waals surface area contributed by atoms with E-state index in [-0.39, 0.29) is 18.3 Å². The zero-order chi connectivity index (χ0) is 24.8. The van der Waals surface area contributed by atoms with Crippen LogP contribution in [0.4, 0.5) is 4.39 Å². The van der Waals surface area contributed by atoms with Crippen LogP contribution in [0.15, 0.2) is 78.9 Å². The molecule has 0 radical (unpaired) electrons. The summed E-state index contributed by atoms with van der Waals surface area (Å²) < 4.78 is 27.0. The molecule has 4 aromatic rings. The SMILES string of the molecule is CCC(=O)N(Cc1ccc(F)cc1)Cc1c(C)nn(-c2ccccc2)c1Oc1ccccc1OC. The van der Waals surface area contributed by atoms with E-state index in [9.17, 15) is 9.18 Å². The number of ether oxygens (including phenoxy) is 2. The quantitative estimate of drug-likeness (QED) is 0.297. The van der Waals surface area contributed by atoms with Gasteiger partial charge < -0.3 is 14.4 Å². The third kappa shape index (κ3) is 5.51. The molecule has 180 valence electrons. The molecule has 0 aliphatic rings. The van der Waals surface area contributed by atoms with E-state index in [1.54, 1.807) is 28.8 Å². The van der Waals surface area contributed by atoms with Crippen molar-refractivity contribution in [1.82, 2.24) is 14.7 Å². The Morgan fingerprint density at radius 1 is 0.943 bits per heavy atom. The van der Waals surface area contributed by atoms with Gasteiger partial charge in [0.1, 0.15) is 5.82 Å². The molecule has 35 heavy (non-hydrogen) atoms. The van der Waals surface area contributed by atoms with E-state index in [1.165, 1.54) is 12.1 Å². The van der Waals surface area contributed by atoms with Crippen molar-refractivity contribution in [2.24, 2.45) is 0 Å². The molecule has 4 rings (SSSR count). The molecule has 7 heteroatoms. The zero-order valence-corrected chi connectivity index (χ0v) is 20.1. The molecule has 0 unspecified atom stereocenters. The van der Waals surface area contributed by atoms with Crippen molar-refractivity contribution in [2.75, 3.05) is 7.11 Å². The molecule has 1 heterocycles. The summed E-state index contributed by atoms with van der Waals surface area (Å²) in [4.78, 5) is 14.6. The fraction of sp³-hybridized carbons (Fsp3) is 0.214. The molecule has 3 aromatic carbocycles. The summed E-state index contributed by atoms with van der Waals surface area (Å²) in [6.45, 7) is 4.35. The normalized spacial score (nSPS) is 10.7. The standard InChI is InChI=1S/C28H28FN3O3/c1-4-27(33)31(18-21-14-16-22(29)17-15-21)19-24-20(2)30-32(23-10-6-5-7-11-23)28(24)35-26-13-9-8-12-25(26)34-3/h5-17H,4,18-19H2,1-3H3. The predicted octanol–water partition coefficient (Wildman–Crippen LogP) is 6.06. The van der Waals surface area contributed by atoms with E-state index >= 15 is 0 Å². The van der Waals surface area contributed by atoms with Crippen LogP contribution in [-0.2, 0) is 17.9 Å². The first kappa shape index (κ1) is 24.0. The van der Waals surface area contributed by atoms with E-state index in [0.717, 1.165) is 22.5 Å². The summed E-state index contributed by atoms with van der Waals surface area (Å²) in [6, 6.07) is 23.3. The Hall–Kier alpha value is -4.13. The fourth-order valence-corrected chi connectivity index (χ4v) is 3.83. The lowest BCUT2D eigenvalue weighted by molar-refractivity contribution is -0.132. The molecular weight excluding hydrogens is 445 g/mol. The molecule has 0 aliphatic heterocycles. The maximum atomic E-state index is 13.4. The Labute approximate surface area is 204 Å². The van der Waals surface area contributed by atoms with Gasteiger partial charge in [0.25, 0.3) is 0 Å². The van der Waals surface area contributed by atoms with Gasteiger partial charge in [-0.25, -0.2) is 9.07 Å². The molecule has 0 saturated heterocycles. The number of hydrogen-bond acceptors (Lipinski definition) is 4. The van der Waals surface area contributed by atoms with E-state index in [1.807, 2.05) is 68.4 Å². The van der Waals surface area contributed by atoms with Crippen LogP contribution in [-0.4, -0.2) is 27.7 Å². The van der Waals surface area contributed by atoms with Gasteiger partial charge in [-0.15, -0.1) is 0 Å². The van der Waals surface area contributed by atoms with Gasteiger partial charge in [0.15, 0.2) is 11.5 Å². The molecule has 0 fully saturated rings. The van der Waals surface area contributed by atoms with Gasteiger partial charge in [-0.05, 0) is 48.9 Å². The summed E-state index contributed by atoms with van der Waals surface area (Å²) >= 11 is 0. The molecule has 0 bridgehead atoms. The second kappa shape index (κ2) is 10.9. The van der Waals surface area contributed by atoms with Crippen LogP contribution in [0.1, 0.15) is 30.2 Å². The van der Waals surface area contributed by atoms with Gasteiger partial charge in [-0.1, -0.05) is 49.4 Å². The number of amides is 1. The number of nitrogens with zero attached hydrogens (tertiary/aromatic N) is 3. The highest BCUT2D eigenvalue weighted by Crippen LogP contribution is 2.36.